The van der Waals surface area contributed by atoms with Crippen molar-refractivity contribution in [1.29, 1.82) is 0 Å². The summed E-state index contributed by atoms with van der Waals surface area (Å²) in [5.74, 6) is 1.63. The van der Waals surface area contributed by atoms with Crippen molar-refractivity contribution >= 4 is 11.6 Å². The molecular weight excluding hydrogens is 464 g/mol. The minimum atomic E-state index is -0.425. The Bertz CT molecular complexity index is 1460. The summed E-state index contributed by atoms with van der Waals surface area (Å²) in [7, 11) is 1.63. The number of allylic oxidation sites excluding steroid dienone is 1. The van der Waals surface area contributed by atoms with E-state index in [1.807, 2.05) is 74.5 Å². The van der Waals surface area contributed by atoms with Crippen molar-refractivity contribution in [2.75, 3.05) is 7.11 Å². The average Bonchev–Trinajstić information content (AvgIpc) is 3.41. The second-order valence-electron chi connectivity index (χ2n) is 9.21. The van der Waals surface area contributed by atoms with E-state index in [2.05, 4.69) is 29.5 Å². The second kappa shape index (κ2) is 10.3. The van der Waals surface area contributed by atoms with Crippen LogP contribution in [0.4, 0.5) is 4.79 Å². The Kier molecular flexibility index (Phi) is 6.77. The van der Waals surface area contributed by atoms with Crippen LogP contribution < -0.4 is 10.1 Å². The quantitative estimate of drug-likeness (QED) is 0.325. The predicted molar refractivity (Wildman–Crippen MR) is 143 cm³/mol. The predicted octanol–water partition coefficient (Wildman–Crippen LogP) is 6.31. The highest BCUT2D eigenvalue weighted by molar-refractivity contribution is 5.87. The van der Waals surface area contributed by atoms with Crippen molar-refractivity contribution in [3.8, 4) is 17.1 Å². The smallest absolute Gasteiger partial charge is 0.322 e. The molecule has 188 valence electrons. The van der Waals surface area contributed by atoms with E-state index in [4.69, 9.17) is 14.2 Å². The first-order valence-electron chi connectivity index (χ1n) is 12.4. The highest BCUT2D eigenvalue weighted by atomic mass is 16.5. The van der Waals surface area contributed by atoms with Crippen molar-refractivity contribution in [2.45, 2.75) is 39.8 Å². The largest absolute Gasteiger partial charge is 0.497 e. The SMILES string of the molecule is CCc1ccc(C2NC(=O)N(Cc3cccc(OC)c3)C(C)=C2c2nc(-c3cccc(C)c3)no2)cc1. The highest BCUT2D eigenvalue weighted by Crippen LogP contribution is 2.38. The summed E-state index contributed by atoms with van der Waals surface area (Å²) in [5.41, 5.74) is 6.66. The number of ether oxygens (including phenoxy) is 1. The van der Waals surface area contributed by atoms with Crippen LogP contribution in [0.15, 0.2) is 83.0 Å². The Hall–Kier alpha value is -4.39. The molecule has 1 aliphatic heterocycles. The maximum atomic E-state index is 13.4. The van der Waals surface area contributed by atoms with Gasteiger partial charge in [0.25, 0.3) is 5.89 Å². The number of benzene rings is 3. The normalized spacial score (nSPS) is 15.6. The molecule has 0 radical (unpaired) electrons. The van der Waals surface area contributed by atoms with Crippen molar-refractivity contribution in [3.63, 3.8) is 0 Å². The summed E-state index contributed by atoms with van der Waals surface area (Å²) in [6, 6.07) is 23.3. The van der Waals surface area contributed by atoms with Crippen LogP contribution >= 0.6 is 0 Å². The molecule has 0 aliphatic carbocycles. The first kappa shape index (κ1) is 24.3. The van der Waals surface area contributed by atoms with Crippen molar-refractivity contribution in [3.05, 3.63) is 107 Å². The third kappa shape index (κ3) is 4.98. The Labute approximate surface area is 216 Å². The molecule has 3 aromatic carbocycles. The summed E-state index contributed by atoms with van der Waals surface area (Å²) >= 11 is 0. The van der Waals surface area contributed by atoms with Crippen LogP contribution in [-0.2, 0) is 13.0 Å². The maximum Gasteiger partial charge on any atom is 0.322 e. The number of nitrogens with zero attached hydrogens (tertiary/aromatic N) is 3. The van der Waals surface area contributed by atoms with E-state index in [1.54, 1.807) is 12.0 Å². The Morgan fingerprint density at radius 2 is 1.78 bits per heavy atom. The zero-order chi connectivity index (χ0) is 25.9. The fourth-order valence-corrected chi connectivity index (χ4v) is 4.63. The van der Waals surface area contributed by atoms with Gasteiger partial charge in [-0.05, 0) is 55.2 Å². The number of aromatic nitrogens is 2. The summed E-state index contributed by atoms with van der Waals surface area (Å²) in [6.45, 7) is 6.45. The molecular formula is C30H30N4O3. The number of carbonyl (C=O) groups is 1. The number of amides is 2. The zero-order valence-electron chi connectivity index (χ0n) is 21.5. The van der Waals surface area contributed by atoms with Gasteiger partial charge < -0.3 is 14.6 Å². The highest BCUT2D eigenvalue weighted by Gasteiger charge is 2.35. The van der Waals surface area contributed by atoms with Gasteiger partial charge in [-0.3, -0.25) is 4.90 Å². The summed E-state index contributed by atoms with van der Waals surface area (Å²) < 4.78 is 11.2. The fourth-order valence-electron chi connectivity index (χ4n) is 4.63. The van der Waals surface area contributed by atoms with E-state index >= 15 is 0 Å². The molecule has 0 bridgehead atoms. The molecule has 5 rings (SSSR count). The van der Waals surface area contributed by atoms with E-state index in [1.165, 1.54) is 5.56 Å². The average molecular weight is 495 g/mol. The lowest BCUT2D eigenvalue weighted by atomic mass is 9.93. The minimum absolute atomic E-state index is 0.188. The molecule has 0 spiro atoms. The topological polar surface area (TPSA) is 80.5 Å². The second-order valence-corrected chi connectivity index (χ2v) is 9.21. The number of carbonyl (C=O) groups excluding carboxylic acids is 1. The van der Waals surface area contributed by atoms with E-state index in [-0.39, 0.29) is 6.03 Å². The molecule has 1 aromatic heterocycles. The summed E-state index contributed by atoms with van der Waals surface area (Å²) in [5, 5.41) is 7.45. The molecule has 0 saturated carbocycles. The Morgan fingerprint density at radius 3 is 2.51 bits per heavy atom. The molecule has 1 atom stereocenters. The van der Waals surface area contributed by atoms with E-state index in [9.17, 15) is 4.79 Å². The first-order valence-corrected chi connectivity index (χ1v) is 12.4. The van der Waals surface area contributed by atoms with Gasteiger partial charge in [-0.15, -0.1) is 0 Å². The van der Waals surface area contributed by atoms with Gasteiger partial charge in [-0.2, -0.15) is 4.98 Å². The number of nitrogens with one attached hydrogen (secondary N) is 1. The molecule has 4 aromatic rings. The van der Waals surface area contributed by atoms with Crippen LogP contribution in [-0.4, -0.2) is 28.2 Å². The van der Waals surface area contributed by atoms with Gasteiger partial charge in [0.15, 0.2) is 0 Å². The van der Waals surface area contributed by atoms with Crippen molar-refractivity contribution in [1.82, 2.24) is 20.4 Å². The number of hydrogen-bond acceptors (Lipinski definition) is 5. The number of methoxy groups -OCH3 is 1. The summed E-state index contributed by atoms with van der Waals surface area (Å²) in [6.07, 6.45) is 0.941. The molecule has 1 unspecified atom stereocenters. The molecule has 7 heteroatoms. The van der Waals surface area contributed by atoms with Crippen LogP contribution in [0.5, 0.6) is 5.75 Å². The van der Waals surface area contributed by atoms with Crippen molar-refractivity contribution in [2.24, 2.45) is 0 Å². The van der Waals surface area contributed by atoms with Crippen LogP contribution in [0.25, 0.3) is 17.0 Å². The maximum absolute atomic E-state index is 13.4. The van der Waals surface area contributed by atoms with Crippen LogP contribution in [0.1, 0.15) is 48.0 Å². The third-order valence-electron chi connectivity index (χ3n) is 6.73. The lowest BCUT2D eigenvalue weighted by Gasteiger charge is -2.35. The molecule has 0 saturated heterocycles. The zero-order valence-corrected chi connectivity index (χ0v) is 21.5. The van der Waals surface area contributed by atoms with Gasteiger partial charge in [0, 0.05) is 11.3 Å². The van der Waals surface area contributed by atoms with Crippen LogP contribution in [0, 0.1) is 6.92 Å². The van der Waals surface area contributed by atoms with E-state index in [0.717, 1.165) is 45.7 Å². The van der Waals surface area contributed by atoms with Gasteiger partial charge in [-0.25, -0.2) is 4.79 Å². The molecule has 2 heterocycles. The van der Waals surface area contributed by atoms with Crippen molar-refractivity contribution < 1.29 is 14.1 Å². The monoisotopic (exact) mass is 494 g/mol. The molecule has 7 nitrogen and oxygen atoms in total. The first-order chi connectivity index (χ1) is 18.0. The van der Waals surface area contributed by atoms with E-state index < -0.39 is 6.04 Å². The summed E-state index contributed by atoms with van der Waals surface area (Å²) in [4.78, 5) is 19.9. The standard InChI is InChI=1S/C30H30N4O3/c1-5-21-12-14-23(15-13-21)27-26(29-32-28(33-37-29)24-10-6-8-19(2)16-24)20(3)34(30(35)31-27)18-22-9-7-11-25(17-22)36-4/h6-17,27H,5,18H2,1-4H3,(H,31,35). The number of urea groups is 1. The number of aryl methyl sites for hydroxylation is 2. The molecule has 2 amide bonds. The fraction of sp³-hybridized carbons (Fsp3) is 0.233. The Morgan fingerprint density at radius 1 is 1.00 bits per heavy atom. The minimum Gasteiger partial charge on any atom is -0.497 e. The van der Waals surface area contributed by atoms with Crippen LogP contribution in [0.3, 0.4) is 0 Å². The third-order valence-corrected chi connectivity index (χ3v) is 6.73. The molecule has 1 N–H and O–H groups in total. The van der Waals surface area contributed by atoms with Gasteiger partial charge in [-0.1, -0.05) is 72.2 Å². The van der Waals surface area contributed by atoms with Gasteiger partial charge >= 0.3 is 6.03 Å². The van der Waals surface area contributed by atoms with Crippen LogP contribution in [0.2, 0.25) is 0 Å². The van der Waals surface area contributed by atoms with Gasteiger partial charge in [0.2, 0.25) is 5.82 Å². The van der Waals surface area contributed by atoms with Gasteiger partial charge in [0.05, 0.1) is 25.3 Å². The lowest BCUT2D eigenvalue weighted by molar-refractivity contribution is 0.203. The van der Waals surface area contributed by atoms with Gasteiger partial charge in [0.1, 0.15) is 5.75 Å². The molecule has 1 aliphatic rings. The number of hydrogen-bond donors (Lipinski definition) is 1. The lowest BCUT2D eigenvalue weighted by Crippen LogP contribution is -2.45. The number of rotatable bonds is 7. The molecule has 0 fully saturated rings. The van der Waals surface area contributed by atoms with E-state index in [0.29, 0.717) is 18.3 Å². The Balaban J connectivity index is 1.59. The molecule has 37 heavy (non-hydrogen) atoms.